The third kappa shape index (κ3) is 3.57. The molecule has 0 atom stereocenters. The van der Waals surface area contributed by atoms with Gasteiger partial charge in [0.1, 0.15) is 5.82 Å². The lowest BCUT2D eigenvalue weighted by atomic mass is 10.1. The second kappa shape index (κ2) is 7.01. The van der Waals surface area contributed by atoms with Crippen LogP contribution >= 0.6 is 11.6 Å². The third-order valence-electron chi connectivity index (χ3n) is 4.00. The molecular weight excluding hydrogens is 331 g/mol. The molecule has 2 aromatic carbocycles. The SMILES string of the molecule is O=C(c1cccc(F)c1)N1CCN(C(=O)c2cccc(Cl)c2)CC1. The molecule has 6 heteroatoms. The number of carbonyl (C=O) groups is 2. The van der Waals surface area contributed by atoms with Crippen LogP contribution in [-0.4, -0.2) is 47.8 Å². The Morgan fingerprint density at radius 1 is 0.833 bits per heavy atom. The van der Waals surface area contributed by atoms with Gasteiger partial charge in [0.2, 0.25) is 0 Å². The monoisotopic (exact) mass is 346 g/mol. The van der Waals surface area contributed by atoms with Gasteiger partial charge in [0, 0.05) is 42.3 Å². The highest BCUT2D eigenvalue weighted by atomic mass is 35.5. The summed E-state index contributed by atoms with van der Waals surface area (Å²) in [5.41, 5.74) is 0.858. The minimum absolute atomic E-state index is 0.102. The van der Waals surface area contributed by atoms with E-state index in [2.05, 4.69) is 0 Å². The van der Waals surface area contributed by atoms with E-state index in [4.69, 9.17) is 11.6 Å². The standard InChI is InChI=1S/C18H16ClFN2O2/c19-15-5-1-3-13(11-15)17(23)21-7-9-22(10-8-21)18(24)14-4-2-6-16(20)12-14/h1-6,11-12H,7-10H2. The molecule has 124 valence electrons. The summed E-state index contributed by atoms with van der Waals surface area (Å²) in [6.45, 7) is 1.71. The van der Waals surface area contributed by atoms with E-state index in [1.54, 1.807) is 40.1 Å². The lowest BCUT2D eigenvalue weighted by Gasteiger charge is -2.35. The van der Waals surface area contributed by atoms with Crippen LogP contribution < -0.4 is 0 Å². The minimum Gasteiger partial charge on any atom is -0.335 e. The summed E-state index contributed by atoms with van der Waals surface area (Å²) in [4.78, 5) is 28.2. The highest BCUT2D eigenvalue weighted by Gasteiger charge is 2.25. The average Bonchev–Trinajstić information content (AvgIpc) is 2.60. The van der Waals surface area contributed by atoms with Crippen molar-refractivity contribution in [1.29, 1.82) is 0 Å². The smallest absolute Gasteiger partial charge is 0.254 e. The van der Waals surface area contributed by atoms with Gasteiger partial charge in [0.05, 0.1) is 0 Å². The predicted octanol–water partition coefficient (Wildman–Crippen LogP) is 3.08. The molecule has 0 bridgehead atoms. The van der Waals surface area contributed by atoms with E-state index >= 15 is 0 Å². The maximum Gasteiger partial charge on any atom is 0.254 e. The number of hydrogen-bond acceptors (Lipinski definition) is 2. The average molecular weight is 347 g/mol. The highest BCUT2D eigenvalue weighted by molar-refractivity contribution is 6.30. The van der Waals surface area contributed by atoms with Gasteiger partial charge >= 0.3 is 0 Å². The van der Waals surface area contributed by atoms with Gasteiger partial charge in [-0.25, -0.2) is 4.39 Å². The summed E-state index contributed by atoms with van der Waals surface area (Å²) < 4.78 is 13.2. The molecule has 0 N–H and O–H groups in total. The lowest BCUT2D eigenvalue weighted by Crippen LogP contribution is -2.50. The maximum absolute atomic E-state index is 13.2. The van der Waals surface area contributed by atoms with Crippen molar-refractivity contribution in [3.05, 3.63) is 70.5 Å². The second-order valence-corrected chi connectivity index (χ2v) is 6.04. The molecule has 2 amide bonds. The fourth-order valence-corrected chi connectivity index (χ4v) is 2.91. The molecule has 1 fully saturated rings. The Kier molecular flexibility index (Phi) is 4.81. The Labute approximate surface area is 144 Å². The van der Waals surface area contributed by atoms with E-state index in [9.17, 15) is 14.0 Å². The van der Waals surface area contributed by atoms with Gasteiger partial charge in [-0.2, -0.15) is 0 Å². The van der Waals surface area contributed by atoms with Crippen molar-refractivity contribution in [1.82, 2.24) is 9.80 Å². The second-order valence-electron chi connectivity index (χ2n) is 5.61. The van der Waals surface area contributed by atoms with Crippen LogP contribution in [0.25, 0.3) is 0 Å². The van der Waals surface area contributed by atoms with E-state index in [0.29, 0.717) is 42.3 Å². The quantitative estimate of drug-likeness (QED) is 0.838. The molecule has 0 saturated carbocycles. The van der Waals surface area contributed by atoms with Crippen LogP contribution in [0.15, 0.2) is 48.5 Å². The topological polar surface area (TPSA) is 40.6 Å². The molecule has 3 rings (SSSR count). The van der Waals surface area contributed by atoms with Gasteiger partial charge in [-0.15, -0.1) is 0 Å². The summed E-state index contributed by atoms with van der Waals surface area (Å²) in [6.07, 6.45) is 0. The van der Waals surface area contributed by atoms with Crippen LogP contribution in [0, 0.1) is 5.82 Å². The zero-order chi connectivity index (χ0) is 17.1. The molecule has 4 nitrogen and oxygen atoms in total. The number of benzene rings is 2. The lowest BCUT2D eigenvalue weighted by molar-refractivity contribution is 0.0535. The number of nitrogens with zero attached hydrogens (tertiary/aromatic N) is 2. The van der Waals surface area contributed by atoms with E-state index < -0.39 is 5.82 Å². The van der Waals surface area contributed by atoms with E-state index in [0.717, 1.165) is 0 Å². The van der Waals surface area contributed by atoms with Crippen LogP contribution in [-0.2, 0) is 0 Å². The van der Waals surface area contributed by atoms with Gasteiger partial charge in [-0.3, -0.25) is 9.59 Å². The number of rotatable bonds is 2. The number of hydrogen-bond donors (Lipinski definition) is 0. The van der Waals surface area contributed by atoms with E-state index in [1.165, 1.54) is 18.2 Å². The molecule has 1 aliphatic rings. The molecule has 24 heavy (non-hydrogen) atoms. The Hall–Kier alpha value is -2.40. The first-order valence-electron chi connectivity index (χ1n) is 7.64. The van der Waals surface area contributed by atoms with Crippen molar-refractivity contribution in [2.45, 2.75) is 0 Å². The molecule has 1 saturated heterocycles. The fourth-order valence-electron chi connectivity index (χ4n) is 2.72. The summed E-state index contributed by atoms with van der Waals surface area (Å²) >= 11 is 5.92. The summed E-state index contributed by atoms with van der Waals surface area (Å²) in [5.74, 6) is -0.754. The fraction of sp³-hybridized carbons (Fsp3) is 0.222. The molecule has 1 aliphatic heterocycles. The van der Waals surface area contributed by atoms with Crippen molar-refractivity contribution in [3.63, 3.8) is 0 Å². The molecule has 0 aliphatic carbocycles. The van der Waals surface area contributed by atoms with Gasteiger partial charge < -0.3 is 9.80 Å². The Morgan fingerprint density at radius 3 is 1.83 bits per heavy atom. The van der Waals surface area contributed by atoms with Gasteiger partial charge in [-0.05, 0) is 36.4 Å². The first-order valence-corrected chi connectivity index (χ1v) is 8.02. The Morgan fingerprint density at radius 2 is 1.33 bits per heavy atom. The van der Waals surface area contributed by atoms with Crippen molar-refractivity contribution < 1.29 is 14.0 Å². The number of amides is 2. The molecule has 0 radical (unpaired) electrons. The largest absolute Gasteiger partial charge is 0.335 e. The maximum atomic E-state index is 13.2. The molecule has 0 spiro atoms. The molecular formula is C18H16ClFN2O2. The normalized spacial score (nSPS) is 14.6. The minimum atomic E-state index is -0.435. The summed E-state index contributed by atoms with van der Waals surface area (Å²) in [7, 11) is 0. The zero-order valence-electron chi connectivity index (χ0n) is 12.9. The number of piperazine rings is 1. The first kappa shape index (κ1) is 16.5. The van der Waals surface area contributed by atoms with Crippen LogP contribution in [0.1, 0.15) is 20.7 Å². The van der Waals surface area contributed by atoms with E-state index in [-0.39, 0.29) is 11.8 Å². The van der Waals surface area contributed by atoms with Gasteiger partial charge in [0.25, 0.3) is 11.8 Å². The Bertz CT molecular complexity index is 708. The van der Waals surface area contributed by atoms with Crippen LogP contribution in [0.3, 0.4) is 0 Å². The van der Waals surface area contributed by atoms with Gasteiger partial charge in [-0.1, -0.05) is 23.7 Å². The molecule has 0 aromatic heterocycles. The van der Waals surface area contributed by atoms with Gasteiger partial charge in [0.15, 0.2) is 0 Å². The van der Waals surface area contributed by atoms with Crippen molar-refractivity contribution in [2.75, 3.05) is 26.2 Å². The van der Waals surface area contributed by atoms with Crippen molar-refractivity contribution in [2.24, 2.45) is 0 Å². The number of halogens is 2. The Balaban J connectivity index is 1.63. The summed E-state index contributed by atoms with van der Waals surface area (Å²) in [6, 6.07) is 12.4. The first-order chi connectivity index (χ1) is 11.5. The highest BCUT2D eigenvalue weighted by Crippen LogP contribution is 2.15. The molecule has 1 heterocycles. The van der Waals surface area contributed by atoms with Crippen LogP contribution in [0.4, 0.5) is 4.39 Å². The van der Waals surface area contributed by atoms with Crippen molar-refractivity contribution in [3.8, 4) is 0 Å². The summed E-state index contributed by atoms with van der Waals surface area (Å²) in [5, 5.41) is 0.515. The van der Waals surface area contributed by atoms with E-state index in [1.807, 2.05) is 0 Å². The molecule has 0 unspecified atom stereocenters. The third-order valence-corrected chi connectivity index (χ3v) is 4.23. The van der Waals surface area contributed by atoms with Crippen LogP contribution in [0.2, 0.25) is 5.02 Å². The predicted molar refractivity (Wildman–Crippen MR) is 89.7 cm³/mol. The number of carbonyl (C=O) groups excluding carboxylic acids is 2. The zero-order valence-corrected chi connectivity index (χ0v) is 13.7. The van der Waals surface area contributed by atoms with Crippen molar-refractivity contribution >= 4 is 23.4 Å². The molecule has 2 aromatic rings. The van der Waals surface area contributed by atoms with Crippen LogP contribution in [0.5, 0.6) is 0 Å².